The molecule has 0 aliphatic rings. The highest BCUT2D eigenvalue weighted by Crippen LogP contribution is 2.22. The molecule has 2 heterocycles. The van der Waals surface area contributed by atoms with E-state index in [-0.39, 0.29) is 6.04 Å². The number of fused-ring (bicyclic) bond motifs is 1. The number of furan rings is 1. The lowest BCUT2D eigenvalue weighted by atomic mass is 10.1. The van der Waals surface area contributed by atoms with Gasteiger partial charge in [0.05, 0.1) is 12.2 Å². The number of aromatic nitrogens is 2. The van der Waals surface area contributed by atoms with Crippen molar-refractivity contribution in [2.75, 3.05) is 0 Å². The Morgan fingerprint density at radius 1 is 1.57 bits per heavy atom. The van der Waals surface area contributed by atoms with E-state index in [0.717, 1.165) is 24.1 Å². The molecule has 1 unspecified atom stereocenters. The Balaban J connectivity index is 2.35. The number of hydrogen-bond acceptors (Lipinski definition) is 4. The Morgan fingerprint density at radius 2 is 2.43 bits per heavy atom. The summed E-state index contributed by atoms with van der Waals surface area (Å²) in [5.41, 5.74) is 7.45. The maximum atomic E-state index is 5.93. The average molecular weight is 191 g/mol. The maximum absolute atomic E-state index is 5.93. The molecule has 4 nitrogen and oxygen atoms in total. The van der Waals surface area contributed by atoms with Gasteiger partial charge in [0.25, 0.3) is 0 Å². The molecule has 2 rings (SSSR count). The van der Waals surface area contributed by atoms with Crippen LogP contribution in [0.15, 0.2) is 23.0 Å². The van der Waals surface area contributed by atoms with Crippen LogP contribution in [0.1, 0.15) is 31.6 Å². The third-order valence-corrected chi connectivity index (χ3v) is 2.18. The third kappa shape index (κ3) is 1.61. The zero-order chi connectivity index (χ0) is 9.97. The summed E-state index contributed by atoms with van der Waals surface area (Å²) >= 11 is 0. The molecule has 4 heteroatoms. The van der Waals surface area contributed by atoms with Gasteiger partial charge in [-0.25, -0.2) is 9.97 Å². The van der Waals surface area contributed by atoms with Crippen LogP contribution in [-0.4, -0.2) is 9.97 Å². The van der Waals surface area contributed by atoms with Crippen LogP contribution in [0, 0.1) is 0 Å². The van der Waals surface area contributed by atoms with Crippen LogP contribution < -0.4 is 5.73 Å². The molecule has 0 bridgehead atoms. The quantitative estimate of drug-likeness (QED) is 0.806. The van der Waals surface area contributed by atoms with Gasteiger partial charge >= 0.3 is 0 Å². The lowest BCUT2D eigenvalue weighted by Crippen LogP contribution is -2.08. The molecule has 0 saturated carbocycles. The maximum Gasteiger partial charge on any atom is 0.171 e. The van der Waals surface area contributed by atoms with Crippen LogP contribution in [0.3, 0.4) is 0 Å². The fourth-order valence-corrected chi connectivity index (χ4v) is 1.44. The summed E-state index contributed by atoms with van der Waals surface area (Å²) in [5.74, 6) is 0.794. The molecular weight excluding hydrogens is 178 g/mol. The molecule has 0 radical (unpaired) electrons. The van der Waals surface area contributed by atoms with Crippen LogP contribution in [0.2, 0.25) is 0 Å². The molecule has 0 aliphatic heterocycles. The van der Waals surface area contributed by atoms with Crippen molar-refractivity contribution in [1.29, 1.82) is 0 Å². The van der Waals surface area contributed by atoms with Crippen molar-refractivity contribution in [3.05, 3.63) is 24.4 Å². The van der Waals surface area contributed by atoms with Crippen LogP contribution in [-0.2, 0) is 0 Å². The third-order valence-electron chi connectivity index (χ3n) is 2.18. The van der Waals surface area contributed by atoms with E-state index in [9.17, 15) is 0 Å². The number of hydrogen-bond donors (Lipinski definition) is 1. The van der Waals surface area contributed by atoms with Crippen molar-refractivity contribution in [2.45, 2.75) is 25.8 Å². The van der Waals surface area contributed by atoms with Gasteiger partial charge in [0.1, 0.15) is 17.6 Å². The van der Waals surface area contributed by atoms with E-state index in [1.54, 1.807) is 6.20 Å². The fourth-order valence-electron chi connectivity index (χ4n) is 1.44. The molecule has 0 aliphatic carbocycles. The summed E-state index contributed by atoms with van der Waals surface area (Å²) in [7, 11) is 0. The smallest absolute Gasteiger partial charge is 0.171 e. The summed E-state index contributed by atoms with van der Waals surface area (Å²) in [6.07, 6.45) is 5.13. The second-order valence-electron chi connectivity index (χ2n) is 3.32. The number of rotatable bonds is 3. The van der Waals surface area contributed by atoms with Gasteiger partial charge in [-0.05, 0) is 6.42 Å². The lowest BCUT2D eigenvalue weighted by molar-refractivity contribution is 0.474. The highest BCUT2D eigenvalue weighted by Gasteiger charge is 2.11. The molecule has 14 heavy (non-hydrogen) atoms. The Morgan fingerprint density at radius 3 is 3.14 bits per heavy atom. The summed E-state index contributed by atoms with van der Waals surface area (Å²) in [6.45, 7) is 2.10. The molecule has 0 aromatic carbocycles. The Kier molecular flexibility index (Phi) is 2.45. The molecule has 74 valence electrons. The summed E-state index contributed by atoms with van der Waals surface area (Å²) in [6, 6.07) is 1.85. The van der Waals surface area contributed by atoms with Crippen molar-refractivity contribution in [3.63, 3.8) is 0 Å². The van der Waals surface area contributed by atoms with Crippen molar-refractivity contribution in [2.24, 2.45) is 5.73 Å². The number of nitrogens with two attached hydrogens (primary N) is 1. The molecule has 2 N–H and O–H groups in total. The Labute approximate surface area is 82.1 Å². The molecule has 2 aromatic heterocycles. The lowest BCUT2D eigenvalue weighted by Gasteiger charge is -2.04. The Hall–Kier alpha value is -1.42. The van der Waals surface area contributed by atoms with E-state index < -0.39 is 0 Å². The SMILES string of the molecule is CCCC(N)c1cc2ncncc2o1. The standard InChI is InChI=1S/C10H13N3O/c1-2-3-7(11)9-4-8-10(14-9)5-12-6-13-8/h4-7H,2-3,11H2,1H3. The minimum atomic E-state index is -0.0331. The zero-order valence-corrected chi connectivity index (χ0v) is 8.10. The van der Waals surface area contributed by atoms with Gasteiger partial charge in [0.15, 0.2) is 5.58 Å². The van der Waals surface area contributed by atoms with Crippen molar-refractivity contribution in [1.82, 2.24) is 9.97 Å². The molecule has 0 saturated heterocycles. The minimum Gasteiger partial charge on any atom is -0.456 e. The average Bonchev–Trinajstić information content (AvgIpc) is 2.61. The van der Waals surface area contributed by atoms with Crippen molar-refractivity contribution < 1.29 is 4.42 Å². The van der Waals surface area contributed by atoms with Crippen LogP contribution >= 0.6 is 0 Å². The molecule has 0 amide bonds. The van der Waals surface area contributed by atoms with Gasteiger partial charge < -0.3 is 10.2 Å². The van der Waals surface area contributed by atoms with Crippen molar-refractivity contribution >= 4 is 11.1 Å². The molecule has 1 atom stereocenters. The second kappa shape index (κ2) is 3.75. The number of nitrogens with zero attached hydrogens (tertiary/aromatic N) is 2. The van der Waals surface area contributed by atoms with Crippen LogP contribution in [0.4, 0.5) is 0 Å². The predicted molar refractivity (Wildman–Crippen MR) is 53.6 cm³/mol. The largest absolute Gasteiger partial charge is 0.456 e. The van der Waals surface area contributed by atoms with Gasteiger partial charge in [-0.3, -0.25) is 0 Å². The van der Waals surface area contributed by atoms with Gasteiger partial charge in [-0.15, -0.1) is 0 Å². The van der Waals surface area contributed by atoms with Gasteiger partial charge in [0, 0.05) is 6.07 Å². The summed E-state index contributed by atoms with van der Waals surface area (Å²) in [5, 5.41) is 0. The topological polar surface area (TPSA) is 64.9 Å². The molecule has 0 fully saturated rings. The van der Waals surface area contributed by atoms with E-state index in [0.29, 0.717) is 5.58 Å². The second-order valence-corrected chi connectivity index (χ2v) is 3.32. The molecular formula is C10H13N3O. The zero-order valence-electron chi connectivity index (χ0n) is 8.10. The van der Waals surface area contributed by atoms with E-state index >= 15 is 0 Å². The van der Waals surface area contributed by atoms with Gasteiger partial charge in [0.2, 0.25) is 0 Å². The van der Waals surface area contributed by atoms with E-state index in [1.807, 2.05) is 6.07 Å². The van der Waals surface area contributed by atoms with Gasteiger partial charge in [-0.2, -0.15) is 0 Å². The van der Waals surface area contributed by atoms with Crippen LogP contribution in [0.5, 0.6) is 0 Å². The predicted octanol–water partition coefficient (Wildman–Crippen LogP) is 2.02. The minimum absolute atomic E-state index is 0.0331. The normalized spacial score (nSPS) is 13.3. The van der Waals surface area contributed by atoms with Crippen LogP contribution in [0.25, 0.3) is 11.1 Å². The first kappa shape index (κ1) is 9.15. The first-order valence-electron chi connectivity index (χ1n) is 4.76. The highest BCUT2D eigenvalue weighted by molar-refractivity contribution is 5.71. The van der Waals surface area contributed by atoms with Crippen molar-refractivity contribution in [3.8, 4) is 0 Å². The monoisotopic (exact) mass is 191 g/mol. The van der Waals surface area contributed by atoms with E-state index in [1.165, 1.54) is 6.33 Å². The van der Waals surface area contributed by atoms with E-state index in [4.69, 9.17) is 10.2 Å². The van der Waals surface area contributed by atoms with Gasteiger partial charge in [-0.1, -0.05) is 13.3 Å². The molecule has 2 aromatic rings. The Bertz CT molecular complexity index is 391. The highest BCUT2D eigenvalue weighted by atomic mass is 16.3. The molecule has 0 spiro atoms. The van der Waals surface area contributed by atoms with E-state index in [2.05, 4.69) is 16.9 Å². The first-order chi connectivity index (χ1) is 6.81. The summed E-state index contributed by atoms with van der Waals surface area (Å²) in [4.78, 5) is 7.97. The first-order valence-corrected chi connectivity index (χ1v) is 4.76. The fraction of sp³-hybridized carbons (Fsp3) is 0.400. The summed E-state index contributed by atoms with van der Waals surface area (Å²) < 4.78 is 5.53.